The second-order valence-corrected chi connectivity index (χ2v) is 7.31. The molecule has 0 radical (unpaired) electrons. The van der Waals surface area contributed by atoms with E-state index in [4.69, 9.17) is 4.74 Å². The Labute approximate surface area is 146 Å². The Morgan fingerprint density at radius 2 is 2.25 bits per heavy atom. The molecule has 0 saturated carbocycles. The molecule has 1 aromatic carbocycles. The molecular formula is C18H23N3O2S. The van der Waals surface area contributed by atoms with Crippen molar-refractivity contribution in [2.45, 2.75) is 39.2 Å². The quantitative estimate of drug-likeness (QED) is 0.874. The molecule has 0 saturated heterocycles. The van der Waals surface area contributed by atoms with Crippen molar-refractivity contribution in [3.8, 4) is 5.75 Å². The predicted octanol–water partition coefficient (Wildman–Crippen LogP) is 3.30. The van der Waals surface area contributed by atoms with Crippen LogP contribution in [0.1, 0.15) is 39.2 Å². The summed E-state index contributed by atoms with van der Waals surface area (Å²) in [5.74, 6) is 0.909. The lowest BCUT2D eigenvalue weighted by Gasteiger charge is -2.15. The predicted molar refractivity (Wildman–Crippen MR) is 95.9 cm³/mol. The molecule has 0 spiro atoms. The molecule has 3 rings (SSSR count). The van der Waals surface area contributed by atoms with Crippen LogP contribution in [0.5, 0.6) is 5.75 Å². The Morgan fingerprint density at radius 3 is 2.96 bits per heavy atom. The maximum absolute atomic E-state index is 12.2. The van der Waals surface area contributed by atoms with E-state index in [9.17, 15) is 4.79 Å². The van der Waals surface area contributed by atoms with E-state index in [2.05, 4.69) is 28.6 Å². The van der Waals surface area contributed by atoms with E-state index >= 15 is 0 Å². The third-order valence-corrected chi connectivity index (χ3v) is 5.58. The van der Waals surface area contributed by atoms with E-state index < -0.39 is 0 Å². The smallest absolute Gasteiger partial charge is 0.315 e. The number of benzene rings is 1. The molecule has 5 nitrogen and oxygen atoms in total. The van der Waals surface area contributed by atoms with Gasteiger partial charge in [-0.3, -0.25) is 0 Å². The van der Waals surface area contributed by atoms with Crippen molar-refractivity contribution < 1.29 is 9.53 Å². The van der Waals surface area contributed by atoms with Gasteiger partial charge in [0.1, 0.15) is 5.75 Å². The summed E-state index contributed by atoms with van der Waals surface area (Å²) in [5, 5.41) is 7.07. The highest BCUT2D eigenvalue weighted by molar-refractivity contribution is 7.11. The van der Waals surface area contributed by atoms with E-state index in [-0.39, 0.29) is 12.1 Å². The van der Waals surface area contributed by atoms with Crippen LogP contribution in [-0.4, -0.2) is 24.7 Å². The van der Waals surface area contributed by atoms with E-state index in [1.54, 1.807) is 18.4 Å². The van der Waals surface area contributed by atoms with Gasteiger partial charge in [-0.1, -0.05) is 12.1 Å². The summed E-state index contributed by atoms with van der Waals surface area (Å²) in [6, 6.07) is 5.94. The Hall–Kier alpha value is -2.08. The van der Waals surface area contributed by atoms with Crippen LogP contribution in [0.4, 0.5) is 4.79 Å². The summed E-state index contributed by atoms with van der Waals surface area (Å²) < 4.78 is 5.40. The van der Waals surface area contributed by atoms with Gasteiger partial charge in [0, 0.05) is 17.8 Å². The zero-order valence-electron chi connectivity index (χ0n) is 14.3. The molecule has 1 aliphatic carbocycles. The molecule has 1 aromatic heterocycles. The molecule has 2 aromatic rings. The number of ether oxygens (including phenoxy) is 1. The highest BCUT2D eigenvalue weighted by Crippen LogP contribution is 2.36. The maximum Gasteiger partial charge on any atom is 0.315 e. The maximum atomic E-state index is 12.2. The summed E-state index contributed by atoms with van der Waals surface area (Å²) in [5.41, 5.74) is 3.45. The molecule has 24 heavy (non-hydrogen) atoms. The van der Waals surface area contributed by atoms with Crippen LogP contribution < -0.4 is 15.4 Å². The number of urea groups is 1. The van der Waals surface area contributed by atoms with E-state index in [1.165, 1.54) is 10.4 Å². The first-order chi connectivity index (χ1) is 11.6. The van der Waals surface area contributed by atoms with E-state index in [1.807, 2.05) is 19.1 Å². The van der Waals surface area contributed by atoms with Crippen molar-refractivity contribution in [3.63, 3.8) is 0 Å². The molecular weight excluding hydrogens is 322 g/mol. The molecule has 128 valence electrons. The van der Waals surface area contributed by atoms with Crippen molar-refractivity contribution in [1.82, 2.24) is 15.6 Å². The molecule has 6 heteroatoms. The van der Waals surface area contributed by atoms with Gasteiger partial charge in [0.05, 0.1) is 23.9 Å². The first kappa shape index (κ1) is 16.8. The summed E-state index contributed by atoms with van der Waals surface area (Å²) >= 11 is 1.70. The lowest BCUT2D eigenvalue weighted by atomic mass is 10.1. The summed E-state index contributed by atoms with van der Waals surface area (Å²) in [6.45, 7) is 4.68. The minimum absolute atomic E-state index is 0.0550. The second-order valence-electron chi connectivity index (χ2n) is 6.02. The standard InChI is InChI=1S/C18H23N3O2S/c1-11-12(2)24-17(20-11)9-10-19-18(22)21-15-8-7-14-13(15)5-4-6-16(14)23-3/h4-6,15H,7-10H2,1-3H3,(H2,19,21,22)/t15-/m0/s1. The Balaban J connectivity index is 1.52. The number of aryl methyl sites for hydroxylation is 2. The molecule has 0 bridgehead atoms. The van der Waals surface area contributed by atoms with Gasteiger partial charge in [0.25, 0.3) is 0 Å². The molecule has 2 amide bonds. The van der Waals surface area contributed by atoms with Crippen LogP contribution in [0, 0.1) is 13.8 Å². The van der Waals surface area contributed by atoms with Crippen LogP contribution in [0.2, 0.25) is 0 Å². The molecule has 1 heterocycles. The Kier molecular flexibility index (Phi) is 5.04. The molecule has 1 atom stereocenters. The number of carbonyl (C=O) groups excluding carboxylic acids is 1. The monoisotopic (exact) mass is 345 g/mol. The van der Waals surface area contributed by atoms with Gasteiger partial charge in [-0.25, -0.2) is 9.78 Å². The SMILES string of the molecule is COc1cccc2c1CC[C@@H]2NC(=O)NCCc1nc(C)c(C)s1. The van der Waals surface area contributed by atoms with E-state index in [0.717, 1.165) is 41.3 Å². The van der Waals surface area contributed by atoms with Crippen LogP contribution in [-0.2, 0) is 12.8 Å². The van der Waals surface area contributed by atoms with Crippen LogP contribution in [0.15, 0.2) is 18.2 Å². The first-order valence-electron chi connectivity index (χ1n) is 8.21. The highest BCUT2D eigenvalue weighted by Gasteiger charge is 2.26. The molecule has 1 aliphatic rings. The van der Waals surface area contributed by atoms with Crippen molar-refractivity contribution in [2.75, 3.05) is 13.7 Å². The van der Waals surface area contributed by atoms with Gasteiger partial charge in [-0.2, -0.15) is 0 Å². The highest BCUT2D eigenvalue weighted by atomic mass is 32.1. The van der Waals surface area contributed by atoms with Crippen LogP contribution >= 0.6 is 11.3 Å². The minimum atomic E-state index is -0.124. The number of nitrogens with zero attached hydrogens (tertiary/aromatic N) is 1. The number of aromatic nitrogens is 1. The van der Waals surface area contributed by atoms with Crippen molar-refractivity contribution in [2.24, 2.45) is 0 Å². The largest absolute Gasteiger partial charge is 0.496 e. The first-order valence-corrected chi connectivity index (χ1v) is 9.03. The summed E-state index contributed by atoms with van der Waals surface area (Å²) in [7, 11) is 1.69. The fraction of sp³-hybridized carbons (Fsp3) is 0.444. The van der Waals surface area contributed by atoms with Crippen molar-refractivity contribution in [1.29, 1.82) is 0 Å². The number of methoxy groups -OCH3 is 1. The molecule has 0 unspecified atom stereocenters. The molecule has 0 fully saturated rings. The van der Waals surface area contributed by atoms with Gasteiger partial charge >= 0.3 is 6.03 Å². The van der Waals surface area contributed by atoms with Gasteiger partial charge in [0.2, 0.25) is 0 Å². The number of amides is 2. The Bertz CT molecular complexity index is 722. The lowest BCUT2D eigenvalue weighted by Crippen LogP contribution is -2.38. The number of carbonyl (C=O) groups is 1. The fourth-order valence-electron chi connectivity index (χ4n) is 3.10. The fourth-order valence-corrected chi connectivity index (χ4v) is 4.03. The van der Waals surface area contributed by atoms with Gasteiger partial charge < -0.3 is 15.4 Å². The molecule has 2 N–H and O–H groups in total. The number of thiazole rings is 1. The number of hydrogen-bond donors (Lipinski definition) is 2. The normalized spacial score (nSPS) is 15.9. The van der Waals surface area contributed by atoms with Gasteiger partial charge in [-0.15, -0.1) is 11.3 Å². The number of hydrogen-bond acceptors (Lipinski definition) is 4. The minimum Gasteiger partial charge on any atom is -0.496 e. The van der Waals surface area contributed by atoms with E-state index in [0.29, 0.717) is 6.54 Å². The topological polar surface area (TPSA) is 63.2 Å². The van der Waals surface area contributed by atoms with Crippen molar-refractivity contribution in [3.05, 3.63) is 44.9 Å². The third-order valence-electron chi connectivity index (χ3n) is 4.45. The summed E-state index contributed by atoms with van der Waals surface area (Å²) in [4.78, 5) is 17.9. The van der Waals surface area contributed by atoms with Gasteiger partial charge in [0.15, 0.2) is 0 Å². The zero-order chi connectivity index (χ0) is 17.1. The van der Waals surface area contributed by atoms with Gasteiger partial charge in [-0.05, 0) is 43.9 Å². The Morgan fingerprint density at radius 1 is 1.42 bits per heavy atom. The second kappa shape index (κ2) is 7.21. The zero-order valence-corrected chi connectivity index (χ0v) is 15.1. The number of fused-ring (bicyclic) bond motifs is 1. The number of nitrogens with one attached hydrogen (secondary N) is 2. The van der Waals surface area contributed by atoms with Crippen molar-refractivity contribution >= 4 is 17.4 Å². The lowest BCUT2D eigenvalue weighted by molar-refractivity contribution is 0.237. The van der Waals surface area contributed by atoms with Crippen LogP contribution in [0.3, 0.4) is 0 Å². The average molecular weight is 345 g/mol. The van der Waals surface area contributed by atoms with Crippen LogP contribution in [0.25, 0.3) is 0 Å². The average Bonchev–Trinajstić information content (AvgIpc) is 3.11. The molecule has 0 aliphatic heterocycles. The third kappa shape index (κ3) is 3.53. The number of rotatable bonds is 5. The summed E-state index contributed by atoms with van der Waals surface area (Å²) in [6.07, 6.45) is 2.61.